The van der Waals surface area contributed by atoms with Crippen LogP contribution in [0.3, 0.4) is 0 Å². The number of aliphatic hydroxyl groups is 2. The number of aromatic nitrogens is 1. The van der Waals surface area contributed by atoms with Gasteiger partial charge in [-0.25, -0.2) is 4.98 Å². The SMILES string of the molecule is Cc1nc(Cl)ccc1C(O)C(O)C(N)=O. The second-order valence-corrected chi connectivity index (χ2v) is 3.49. The summed E-state index contributed by atoms with van der Waals surface area (Å²) in [5.74, 6) is -0.989. The van der Waals surface area contributed by atoms with Crippen LogP contribution in [0.15, 0.2) is 12.1 Å². The summed E-state index contributed by atoms with van der Waals surface area (Å²) in [6.45, 7) is 1.61. The van der Waals surface area contributed by atoms with E-state index in [2.05, 4.69) is 4.98 Å². The van der Waals surface area contributed by atoms with E-state index in [9.17, 15) is 15.0 Å². The molecular formula is C9H11ClN2O3. The van der Waals surface area contributed by atoms with E-state index in [1.165, 1.54) is 12.1 Å². The number of hydrogen-bond acceptors (Lipinski definition) is 4. The summed E-state index contributed by atoms with van der Waals surface area (Å²) in [5.41, 5.74) is 5.62. The molecule has 1 amide bonds. The molecule has 82 valence electrons. The quantitative estimate of drug-likeness (QED) is 0.633. The molecule has 1 aromatic rings. The van der Waals surface area contributed by atoms with Crippen LogP contribution in [-0.2, 0) is 4.79 Å². The molecule has 0 saturated carbocycles. The zero-order valence-electron chi connectivity index (χ0n) is 8.01. The highest BCUT2D eigenvalue weighted by Gasteiger charge is 2.25. The molecule has 5 nitrogen and oxygen atoms in total. The molecule has 15 heavy (non-hydrogen) atoms. The van der Waals surface area contributed by atoms with Gasteiger partial charge >= 0.3 is 0 Å². The van der Waals surface area contributed by atoms with E-state index in [0.717, 1.165) is 0 Å². The van der Waals surface area contributed by atoms with Crippen molar-refractivity contribution in [2.75, 3.05) is 0 Å². The highest BCUT2D eigenvalue weighted by molar-refractivity contribution is 6.29. The molecule has 0 bridgehead atoms. The van der Waals surface area contributed by atoms with Crippen molar-refractivity contribution >= 4 is 17.5 Å². The topological polar surface area (TPSA) is 96.4 Å². The van der Waals surface area contributed by atoms with Crippen molar-refractivity contribution in [1.82, 2.24) is 4.98 Å². The van der Waals surface area contributed by atoms with Gasteiger partial charge < -0.3 is 15.9 Å². The van der Waals surface area contributed by atoms with Crippen molar-refractivity contribution < 1.29 is 15.0 Å². The minimum atomic E-state index is -1.65. The van der Waals surface area contributed by atoms with Gasteiger partial charge in [0.05, 0.1) is 0 Å². The molecule has 1 heterocycles. The summed E-state index contributed by atoms with van der Waals surface area (Å²) in [4.78, 5) is 14.5. The fourth-order valence-corrected chi connectivity index (χ4v) is 1.37. The Hall–Kier alpha value is -1.17. The third-order valence-corrected chi connectivity index (χ3v) is 2.21. The molecule has 2 unspecified atom stereocenters. The molecule has 0 aliphatic carbocycles. The Kier molecular flexibility index (Phi) is 3.62. The van der Waals surface area contributed by atoms with E-state index >= 15 is 0 Å². The zero-order valence-corrected chi connectivity index (χ0v) is 8.77. The number of amides is 1. The van der Waals surface area contributed by atoms with Crippen molar-refractivity contribution in [3.05, 3.63) is 28.5 Å². The van der Waals surface area contributed by atoms with Crippen LogP contribution in [0.25, 0.3) is 0 Å². The van der Waals surface area contributed by atoms with E-state index in [1.807, 2.05) is 0 Å². The zero-order chi connectivity index (χ0) is 11.6. The molecule has 0 fully saturated rings. The molecule has 4 N–H and O–H groups in total. The van der Waals surface area contributed by atoms with Gasteiger partial charge in [-0.2, -0.15) is 0 Å². The average Bonchev–Trinajstić information content (AvgIpc) is 2.15. The van der Waals surface area contributed by atoms with Crippen LogP contribution in [-0.4, -0.2) is 27.2 Å². The van der Waals surface area contributed by atoms with Crippen LogP contribution in [0.1, 0.15) is 17.4 Å². The number of hydrogen-bond donors (Lipinski definition) is 3. The summed E-state index contributed by atoms with van der Waals surface area (Å²) in [6.07, 6.45) is -3.03. The number of rotatable bonds is 3. The number of carbonyl (C=O) groups is 1. The van der Waals surface area contributed by atoms with E-state index in [4.69, 9.17) is 17.3 Å². The smallest absolute Gasteiger partial charge is 0.249 e. The molecule has 0 aliphatic rings. The number of nitrogens with zero attached hydrogens (tertiary/aromatic N) is 1. The van der Waals surface area contributed by atoms with Crippen LogP contribution < -0.4 is 5.73 Å². The number of primary amides is 1. The number of nitrogens with two attached hydrogens (primary N) is 1. The van der Waals surface area contributed by atoms with Crippen molar-refractivity contribution in [3.63, 3.8) is 0 Å². The van der Waals surface area contributed by atoms with Gasteiger partial charge in [-0.15, -0.1) is 0 Å². The average molecular weight is 231 g/mol. The van der Waals surface area contributed by atoms with E-state index in [-0.39, 0.29) is 5.15 Å². The number of aryl methyl sites for hydroxylation is 1. The van der Waals surface area contributed by atoms with Gasteiger partial charge in [0.2, 0.25) is 5.91 Å². The van der Waals surface area contributed by atoms with Crippen LogP contribution in [0.2, 0.25) is 5.15 Å². The highest BCUT2D eigenvalue weighted by Crippen LogP contribution is 2.21. The first-order valence-electron chi connectivity index (χ1n) is 4.22. The first-order chi connectivity index (χ1) is 6.93. The minimum Gasteiger partial charge on any atom is -0.385 e. The Labute approximate surface area is 91.5 Å². The first kappa shape index (κ1) is 11.9. The Balaban J connectivity index is 3.01. The van der Waals surface area contributed by atoms with Crippen LogP contribution >= 0.6 is 11.6 Å². The second kappa shape index (κ2) is 4.57. The Bertz CT molecular complexity index is 384. The van der Waals surface area contributed by atoms with Crippen molar-refractivity contribution in [3.8, 4) is 0 Å². The Morgan fingerprint density at radius 2 is 2.13 bits per heavy atom. The number of aliphatic hydroxyl groups excluding tert-OH is 2. The van der Waals surface area contributed by atoms with Gasteiger partial charge in [0, 0.05) is 11.3 Å². The molecule has 2 atom stereocenters. The predicted molar refractivity (Wildman–Crippen MR) is 54.1 cm³/mol. The van der Waals surface area contributed by atoms with Crippen molar-refractivity contribution in [2.45, 2.75) is 19.1 Å². The lowest BCUT2D eigenvalue weighted by atomic mass is 10.0. The third kappa shape index (κ3) is 2.65. The van der Waals surface area contributed by atoms with Gasteiger partial charge in [-0.05, 0) is 13.0 Å². The number of carbonyl (C=O) groups excluding carboxylic acids is 1. The van der Waals surface area contributed by atoms with E-state index in [1.54, 1.807) is 6.92 Å². The van der Waals surface area contributed by atoms with Crippen LogP contribution in [0.4, 0.5) is 0 Å². The predicted octanol–water partition coefficient (Wildman–Crippen LogP) is -0.0770. The normalized spacial score (nSPS) is 14.7. The lowest BCUT2D eigenvalue weighted by Crippen LogP contribution is -2.34. The monoisotopic (exact) mass is 230 g/mol. The van der Waals surface area contributed by atoms with Crippen LogP contribution in [0.5, 0.6) is 0 Å². The molecule has 0 aliphatic heterocycles. The molecule has 0 saturated heterocycles. The molecule has 6 heteroatoms. The third-order valence-electron chi connectivity index (χ3n) is 2.00. The number of halogens is 1. The maximum atomic E-state index is 10.7. The molecule has 0 spiro atoms. The fourth-order valence-electron chi connectivity index (χ4n) is 1.18. The van der Waals surface area contributed by atoms with Gasteiger partial charge in [0.1, 0.15) is 11.3 Å². The van der Waals surface area contributed by atoms with E-state index < -0.39 is 18.1 Å². The summed E-state index contributed by atoms with van der Waals surface area (Å²) < 4.78 is 0. The Morgan fingerprint density at radius 3 is 2.60 bits per heavy atom. The maximum Gasteiger partial charge on any atom is 0.249 e. The summed E-state index contributed by atoms with van der Waals surface area (Å²) in [6, 6.07) is 2.95. The summed E-state index contributed by atoms with van der Waals surface area (Å²) >= 11 is 5.62. The maximum absolute atomic E-state index is 10.7. The molecular weight excluding hydrogens is 220 g/mol. The number of pyridine rings is 1. The van der Waals surface area contributed by atoms with E-state index in [0.29, 0.717) is 11.3 Å². The largest absolute Gasteiger partial charge is 0.385 e. The van der Waals surface area contributed by atoms with Gasteiger partial charge in [0.25, 0.3) is 0 Å². The lowest BCUT2D eigenvalue weighted by Gasteiger charge is -2.16. The highest BCUT2D eigenvalue weighted by atomic mass is 35.5. The van der Waals surface area contributed by atoms with Gasteiger partial charge in [-0.1, -0.05) is 17.7 Å². The Morgan fingerprint density at radius 1 is 1.53 bits per heavy atom. The molecule has 1 aromatic heterocycles. The summed E-state index contributed by atoms with van der Waals surface area (Å²) in [7, 11) is 0. The fraction of sp³-hybridized carbons (Fsp3) is 0.333. The van der Waals surface area contributed by atoms with Gasteiger partial charge in [0.15, 0.2) is 6.10 Å². The van der Waals surface area contributed by atoms with Crippen molar-refractivity contribution in [1.29, 1.82) is 0 Å². The first-order valence-corrected chi connectivity index (χ1v) is 4.59. The minimum absolute atomic E-state index is 0.275. The van der Waals surface area contributed by atoms with Crippen LogP contribution in [0, 0.1) is 6.92 Å². The molecule has 0 aromatic carbocycles. The van der Waals surface area contributed by atoms with Gasteiger partial charge in [-0.3, -0.25) is 4.79 Å². The standard InChI is InChI=1S/C9H11ClN2O3/c1-4-5(2-3-6(10)12-4)7(13)8(14)9(11)15/h2-3,7-8,13-14H,1H3,(H2,11,15). The molecule has 1 rings (SSSR count). The second-order valence-electron chi connectivity index (χ2n) is 3.10. The molecule has 0 radical (unpaired) electrons. The van der Waals surface area contributed by atoms with Crippen molar-refractivity contribution in [2.24, 2.45) is 5.73 Å². The lowest BCUT2D eigenvalue weighted by molar-refractivity contribution is -0.132. The summed E-state index contributed by atoms with van der Waals surface area (Å²) in [5, 5.41) is 19.1.